The van der Waals surface area contributed by atoms with Crippen LogP contribution in [0.3, 0.4) is 0 Å². The van der Waals surface area contributed by atoms with Gasteiger partial charge in [-0.25, -0.2) is 4.39 Å². The Bertz CT molecular complexity index is 217. The molecule has 0 nitrogen and oxygen atoms in total. The lowest BCUT2D eigenvalue weighted by atomic mass is 9.81. The fourth-order valence-electron chi connectivity index (χ4n) is 2.19. The Hall–Kier alpha value is -0.330. The van der Waals surface area contributed by atoms with Crippen molar-refractivity contribution in [3.63, 3.8) is 0 Å². The monoisotopic (exact) mass is 198 g/mol. The Morgan fingerprint density at radius 1 is 1.43 bits per heavy atom. The topological polar surface area (TPSA) is 0 Å². The van der Waals surface area contributed by atoms with Crippen LogP contribution in [-0.4, -0.2) is 6.17 Å². The molecule has 1 aliphatic carbocycles. The smallest absolute Gasteiger partial charge is 0.107 e. The maximum Gasteiger partial charge on any atom is 0.107 e. The zero-order chi connectivity index (χ0) is 10.7. The largest absolute Gasteiger partial charge is 0.247 e. The van der Waals surface area contributed by atoms with E-state index in [-0.39, 0.29) is 5.92 Å². The summed E-state index contributed by atoms with van der Waals surface area (Å²) in [5.41, 5.74) is 2.84. The van der Waals surface area contributed by atoms with Crippen LogP contribution in [0, 0.1) is 11.8 Å². The molecule has 0 radical (unpaired) electrons. The number of allylic oxidation sites excluding steroid dienone is 2. The van der Waals surface area contributed by atoms with Gasteiger partial charge in [-0.15, -0.1) is 0 Å². The van der Waals surface area contributed by atoms with Gasteiger partial charge in [-0.1, -0.05) is 38.3 Å². The third-order valence-electron chi connectivity index (χ3n) is 3.58. The van der Waals surface area contributed by atoms with E-state index in [1.807, 2.05) is 6.92 Å². The Balaban J connectivity index is 2.62. The first kappa shape index (κ1) is 11.7. The van der Waals surface area contributed by atoms with E-state index in [1.54, 1.807) is 0 Å². The second-order valence-corrected chi connectivity index (χ2v) is 5.00. The standard InChI is InChI=1S/C13H23F/c1-5-9(2)6-12-8-13(14)11(4)7-10(12)3/h9,11,13H,5-8H2,1-4H3/t9?,11?,13-/m0/s1. The van der Waals surface area contributed by atoms with E-state index in [1.165, 1.54) is 17.6 Å². The molecule has 0 N–H and O–H groups in total. The Morgan fingerprint density at radius 3 is 2.64 bits per heavy atom. The Morgan fingerprint density at radius 2 is 2.07 bits per heavy atom. The lowest BCUT2D eigenvalue weighted by Gasteiger charge is -2.27. The SMILES string of the molecule is CCC(C)CC1=C(C)CC(C)[C@@H](F)C1. The third kappa shape index (κ3) is 2.83. The predicted molar refractivity (Wildman–Crippen MR) is 60.1 cm³/mol. The van der Waals surface area contributed by atoms with Gasteiger partial charge >= 0.3 is 0 Å². The molecule has 0 fully saturated rings. The highest BCUT2D eigenvalue weighted by atomic mass is 19.1. The van der Waals surface area contributed by atoms with Crippen molar-refractivity contribution in [2.75, 3.05) is 0 Å². The fourth-order valence-corrected chi connectivity index (χ4v) is 2.19. The molecule has 0 heterocycles. The maximum atomic E-state index is 13.5. The molecule has 0 saturated heterocycles. The van der Waals surface area contributed by atoms with Gasteiger partial charge in [0.2, 0.25) is 0 Å². The lowest BCUT2D eigenvalue weighted by molar-refractivity contribution is 0.222. The van der Waals surface area contributed by atoms with Crippen LogP contribution in [0.1, 0.15) is 53.4 Å². The number of alkyl halides is 1. The first-order valence-corrected chi connectivity index (χ1v) is 5.86. The second kappa shape index (κ2) is 4.95. The average molecular weight is 198 g/mol. The summed E-state index contributed by atoms with van der Waals surface area (Å²) in [6.07, 6.45) is 3.36. The van der Waals surface area contributed by atoms with Gasteiger partial charge in [-0.3, -0.25) is 0 Å². The van der Waals surface area contributed by atoms with Crippen molar-refractivity contribution in [2.24, 2.45) is 11.8 Å². The van der Waals surface area contributed by atoms with Gasteiger partial charge in [0.25, 0.3) is 0 Å². The van der Waals surface area contributed by atoms with E-state index in [0.717, 1.165) is 12.8 Å². The van der Waals surface area contributed by atoms with Crippen molar-refractivity contribution in [3.05, 3.63) is 11.1 Å². The summed E-state index contributed by atoms with van der Waals surface area (Å²) >= 11 is 0. The molecular weight excluding hydrogens is 175 g/mol. The molecule has 1 aliphatic rings. The van der Waals surface area contributed by atoms with Crippen molar-refractivity contribution >= 4 is 0 Å². The van der Waals surface area contributed by atoms with Gasteiger partial charge in [0.05, 0.1) is 0 Å². The van der Waals surface area contributed by atoms with Crippen molar-refractivity contribution in [1.29, 1.82) is 0 Å². The molecule has 2 unspecified atom stereocenters. The Kier molecular flexibility index (Phi) is 4.15. The van der Waals surface area contributed by atoms with Crippen LogP contribution in [0.2, 0.25) is 0 Å². The van der Waals surface area contributed by atoms with Crippen LogP contribution in [0.4, 0.5) is 4.39 Å². The summed E-state index contributed by atoms with van der Waals surface area (Å²) in [7, 11) is 0. The summed E-state index contributed by atoms with van der Waals surface area (Å²) in [6, 6.07) is 0. The van der Waals surface area contributed by atoms with Crippen LogP contribution < -0.4 is 0 Å². The molecule has 0 aliphatic heterocycles. The number of rotatable bonds is 3. The average Bonchev–Trinajstić information content (AvgIpc) is 2.14. The molecule has 0 spiro atoms. The highest BCUT2D eigenvalue weighted by Gasteiger charge is 2.25. The van der Waals surface area contributed by atoms with Gasteiger partial charge in [0, 0.05) is 6.42 Å². The van der Waals surface area contributed by atoms with Crippen LogP contribution in [0.25, 0.3) is 0 Å². The molecule has 0 aromatic heterocycles. The fraction of sp³-hybridized carbons (Fsp3) is 0.846. The normalized spacial score (nSPS) is 30.6. The minimum Gasteiger partial charge on any atom is -0.247 e. The minimum absolute atomic E-state index is 0.232. The van der Waals surface area contributed by atoms with Gasteiger partial charge in [-0.05, 0) is 31.6 Å². The van der Waals surface area contributed by atoms with Gasteiger partial charge in [0.15, 0.2) is 0 Å². The molecule has 0 amide bonds. The molecule has 0 aromatic rings. The highest BCUT2D eigenvalue weighted by Crippen LogP contribution is 2.34. The zero-order valence-electron chi connectivity index (χ0n) is 9.94. The first-order chi connectivity index (χ1) is 6.54. The highest BCUT2D eigenvalue weighted by molar-refractivity contribution is 5.18. The summed E-state index contributed by atoms with van der Waals surface area (Å²) in [5, 5.41) is 0. The van der Waals surface area contributed by atoms with Crippen LogP contribution in [0.5, 0.6) is 0 Å². The van der Waals surface area contributed by atoms with E-state index >= 15 is 0 Å². The van der Waals surface area contributed by atoms with Crippen molar-refractivity contribution in [1.82, 2.24) is 0 Å². The number of halogens is 1. The zero-order valence-corrected chi connectivity index (χ0v) is 9.94. The summed E-state index contributed by atoms with van der Waals surface area (Å²) in [6.45, 7) is 8.67. The van der Waals surface area contributed by atoms with Gasteiger partial charge < -0.3 is 0 Å². The van der Waals surface area contributed by atoms with Crippen LogP contribution in [-0.2, 0) is 0 Å². The molecular formula is C13H23F. The number of hydrogen-bond acceptors (Lipinski definition) is 0. The number of hydrogen-bond donors (Lipinski definition) is 0. The van der Waals surface area contributed by atoms with E-state index < -0.39 is 6.17 Å². The van der Waals surface area contributed by atoms with E-state index in [0.29, 0.717) is 12.3 Å². The van der Waals surface area contributed by atoms with Gasteiger partial charge in [0.1, 0.15) is 6.17 Å². The first-order valence-electron chi connectivity index (χ1n) is 5.86. The molecule has 0 aromatic carbocycles. The van der Waals surface area contributed by atoms with E-state index in [2.05, 4.69) is 20.8 Å². The molecule has 1 rings (SSSR count). The van der Waals surface area contributed by atoms with Crippen molar-refractivity contribution in [2.45, 2.75) is 59.5 Å². The molecule has 0 bridgehead atoms. The molecule has 0 saturated carbocycles. The molecule has 1 heteroatoms. The lowest BCUT2D eigenvalue weighted by Crippen LogP contribution is -2.20. The predicted octanol–water partition coefficient (Wildman–Crippen LogP) is 4.51. The summed E-state index contributed by atoms with van der Waals surface area (Å²) in [4.78, 5) is 0. The van der Waals surface area contributed by atoms with Gasteiger partial charge in [-0.2, -0.15) is 0 Å². The van der Waals surface area contributed by atoms with Crippen LogP contribution >= 0.6 is 0 Å². The molecule has 14 heavy (non-hydrogen) atoms. The quantitative estimate of drug-likeness (QED) is 0.585. The Labute approximate surface area is 87.6 Å². The molecule has 3 atom stereocenters. The minimum atomic E-state index is -0.599. The van der Waals surface area contributed by atoms with Crippen molar-refractivity contribution in [3.8, 4) is 0 Å². The summed E-state index contributed by atoms with van der Waals surface area (Å²) in [5.74, 6) is 0.941. The van der Waals surface area contributed by atoms with E-state index in [4.69, 9.17) is 0 Å². The summed E-state index contributed by atoms with van der Waals surface area (Å²) < 4.78 is 13.5. The maximum absolute atomic E-state index is 13.5. The second-order valence-electron chi connectivity index (χ2n) is 5.00. The van der Waals surface area contributed by atoms with Crippen LogP contribution in [0.15, 0.2) is 11.1 Å². The van der Waals surface area contributed by atoms with Crippen molar-refractivity contribution < 1.29 is 4.39 Å². The molecule has 82 valence electrons. The van der Waals surface area contributed by atoms with E-state index in [9.17, 15) is 4.39 Å². The third-order valence-corrected chi connectivity index (χ3v) is 3.58.